The van der Waals surface area contributed by atoms with E-state index in [1.165, 1.54) is 0 Å². The predicted octanol–water partition coefficient (Wildman–Crippen LogP) is 3.54. The van der Waals surface area contributed by atoms with Crippen LogP contribution in [0.2, 0.25) is 5.22 Å². The Bertz CT molecular complexity index is 299. The molecule has 0 amide bonds. The van der Waals surface area contributed by atoms with Gasteiger partial charge in [-0.1, -0.05) is 13.8 Å². The third-order valence-electron chi connectivity index (χ3n) is 2.35. The maximum Gasteiger partial charge on any atom is 0.193 e. The Labute approximate surface area is 101 Å². The summed E-state index contributed by atoms with van der Waals surface area (Å²) in [5.74, 6) is 2.92. The lowest BCUT2D eigenvalue weighted by molar-refractivity contribution is 0.368. The van der Waals surface area contributed by atoms with Crippen LogP contribution in [0.4, 0.5) is 0 Å². The average Bonchev–Trinajstić information content (AvgIpc) is 2.59. The van der Waals surface area contributed by atoms with Gasteiger partial charge in [0.2, 0.25) is 0 Å². The minimum absolute atomic E-state index is 0.244. The van der Waals surface area contributed by atoms with E-state index >= 15 is 0 Å². The molecular formula is C11H18ClNOS. The minimum Gasteiger partial charge on any atom is -0.449 e. The molecule has 0 aliphatic rings. The van der Waals surface area contributed by atoms with Crippen LogP contribution in [-0.4, -0.2) is 12.3 Å². The standard InChI is InChI=1S/C11H18ClNOS/c1-11(2,8-13)5-6-15-7-9-3-4-10(12)14-9/h3-4H,5-8,13H2,1-2H3. The Morgan fingerprint density at radius 2 is 2.20 bits per heavy atom. The fourth-order valence-electron chi connectivity index (χ4n) is 1.05. The van der Waals surface area contributed by atoms with E-state index in [4.69, 9.17) is 21.8 Å². The summed E-state index contributed by atoms with van der Waals surface area (Å²) in [5, 5.41) is 0.466. The Kier molecular flexibility index (Phi) is 5.03. The van der Waals surface area contributed by atoms with E-state index in [0.717, 1.165) is 30.2 Å². The van der Waals surface area contributed by atoms with Crippen molar-refractivity contribution >= 4 is 23.4 Å². The summed E-state index contributed by atoms with van der Waals surface area (Å²) in [4.78, 5) is 0. The number of nitrogens with two attached hydrogens (primary N) is 1. The van der Waals surface area contributed by atoms with Crippen molar-refractivity contribution in [3.05, 3.63) is 23.1 Å². The molecule has 2 nitrogen and oxygen atoms in total. The Hall–Kier alpha value is -0.120. The van der Waals surface area contributed by atoms with Gasteiger partial charge in [0.1, 0.15) is 5.76 Å². The normalized spacial score (nSPS) is 12.0. The molecule has 0 aromatic carbocycles. The zero-order valence-electron chi connectivity index (χ0n) is 9.25. The molecule has 1 aromatic rings. The first-order valence-corrected chi connectivity index (χ1v) is 6.59. The molecule has 0 saturated heterocycles. The number of hydrogen-bond donors (Lipinski definition) is 1. The molecule has 0 bridgehead atoms. The zero-order valence-corrected chi connectivity index (χ0v) is 10.8. The van der Waals surface area contributed by atoms with Crippen molar-refractivity contribution in [2.24, 2.45) is 11.1 Å². The van der Waals surface area contributed by atoms with Gasteiger partial charge < -0.3 is 10.2 Å². The number of thioether (sulfide) groups is 1. The van der Waals surface area contributed by atoms with Crippen LogP contribution in [-0.2, 0) is 5.75 Å². The Morgan fingerprint density at radius 1 is 1.47 bits per heavy atom. The van der Waals surface area contributed by atoms with E-state index in [0.29, 0.717) is 5.22 Å². The Morgan fingerprint density at radius 3 is 2.73 bits per heavy atom. The van der Waals surface area contributed by atoms with Crippen molar-refractivity contribution in [1.29, 1.82) is 0 Å². The number of rotatable bonds is 6. The summed E-state index contributed by atoms with van der Waals surface area (Å²) in [6, 6.07) is 3.70. The van der Waals surface area contributed by atoms with Gasteiger partial charge in [-0.3, -0.25) is 0 Å². The topological polar surface area (TPSA) is 39.2 Å². The zero-order chi connectivity index (χ0) is 11.3. The smallest absolute Gasteiger partial charge is 0.193 e. The second-order valence-electron chi connectivity index (χ2n) is 4.38. The number of halogens is 1. The molecule has 0 spiro atoms. The lowest BCUT2D eigenvalue weighted by Gasteiger charge is -2.21. The van der Waals surface area contributed by atoms with Gasteiger partial charge in [-0.25, -0.2) is 0 Å². The molecule has 1 heterocycles. The van der Waals surface area contributed by atoms with Crippen molar-refractivity contribution < 1.29 is 4.42 Å². The van der Waals surface area contributed by atoms with E-state index < -0.39 is 0 Å². The van der Waals surface area contributed by atoms with Gasteiger partial charge in [0, 0.05) is 0 Å². The van der Waals surface area contributed by atoms with Crippen LogP contribution in [0, 0.1) is 5.41 Å². The molecular weight excluding hydrogens is 230 g/mol. The summed E-state index contributed by atoms with van der Waals surface area (Å²) >= 11 is 7.53. The van der Waals surface area contributed by atoms with Crippen LogP contribution in [0.5, 0.6) is 0 Å². The van der Waals surface area contributed by atoms with Gasteiger partial charge in [-0.15, -0.1) is 0 Å². The van der Waals surface area contributed by atoms with Gasteiger partial charge in [0.25, 0.3) is 0 Å². The van der Waals surface area contributed by atoms with E-state index in [1.54, 1.807) is 6.07 Å². The van der Waals surface area contributed by atoms with E-state index in [1.807, 2.05) is 17.8 Å². The van der Waals surface area contributed by atoms with Gasteiger partial charge in [0.05, 0.1) is 5.75 Å². The van der Waals surface area contributed by atoms with E-state index in [9.17, 15) is 0 Å². The highest BCUT2D eigenvalue weighted by Crippen LogP contribution is 2.24. The van der Waals surface area contributed by atoms with Crippen molar-refractivity contribution in [3.8, 4) is 0 Å². The van der Waals surface area contributed by atoms with Gasteiger partial charge in [-0.2, -0.15) is 11.8 Å². The molecule has 86 valence electrons. The first-order chi connectivity index (χ1) is 7.03. The van der Waals surface area contributed by atoms with Gasteiger partial charge in [0.15, 0.2) is 5.22 Å². The summed E-state index contributed by atoms with van der Waals surface area (Å²) in [7, 11) is 0. The molecule has 0 saturated carbocycles. The fraction of sp³-hybridized carbons (Fsp3) is 0.636. The highest BCUT2D eigenvalue weighted by molar-refractivity contribution is 7.98. The summed E-state index contributed by atoms with van der Waals surface area (Å²) in [6.07, 6.45) is 1.13. The molecule has 0 aliphatic heterocycles. The lowest BCUT2D eigenvalue weighted by Crippen LogP contribution is -2.24. The summed E-state index contributed by atoms with van der Waals surface area (Å²) in [6.45, 7) is 5.12. The van der Waals surface area contributed by atoms with Crippen molar-refractivity contribution in [3.63, 3.8) is 0 Å². The average molecular weight is 248 g/mol. The molecule has 0 aliphatic carbocycles. The number of furan rings is 1. The molecule has 0 atom stereocenters. The fourth-order valence-corrected chi connectivity index (χ4v) is 2.41. The van der Waals surface area contributed by atoms with Gasteiger partial charge >= 0.3 is 0 Å². The van der Waals surface area contributed by atoms with Crippen LogP contribution >= 0.6 is 23.4 Å². The van der Waals surface area contributed by atoms with Crippen LogP contribution in [0.25, 0.3) is 0 Å². The molecule has 4 heteroatoms. The molecule has 2 N–H and O–H groups in total. The second kappa shape index (κ2) is 5.83. The van der Waals surface area contributed by atoms with Crippen molar-refractivity contribution in [2.45, 2.75) is 26.0 Å². The SMILES string of the molecule is CC(C)(CN)CCSCc1ccc(Cl)o1. The summed E-state index contributed by atoms with van der Waals surface area (Å²) < 4.78 is 5.26. The minimum atomic E-state index is 0.244. The summed E-state index contributed by atoms with van der Waals surface area (Å²) in [5.41, 5.74) is 5.90. The van der Waals surface area contributed by atoms with E-state index in [-0.39, 0.29) is 5.41 Å². The number of hydrogen-bond acceptors (Lipinski definition) is 3. The third-order valence-corrected chi connectivity index (χ3v) is 3.53. The van der Waals surface area contributed by atoms with Crippen LogP contribution in [0.3, 0.4) is 0 Å². The third kappa shape index (κ3) is 4.96. The first-order valence-electron chi connectivity index (χ1n) is 5.05. The van der Waals surface area contributed by atoms with Crippen LogP contribution in [0.1, 0.15) is 26.0 Å². The van der Waals surface area contributed by atoms with Gasteiger partial charge in [-0.05, 0) is 47.9 Å². The van der Waals surface area contributed by atoms with E-state index in [2.05, 4.69) is 13.8 Å². The molecule has 15 heavy (non-hydrogen) atoms. The quantitative estimate of drug-likeness (QED) is 0.782. The van der Waals surface area contributed by atoms with Crippen LogP contribution < -0.4 is 5.73 Å². The first kappa shape index (κ1) is 12.9. The second-order valence-corrected chi connectivity index (χ2v) is 5.85. The highest BCUT2D eigenvalue weighted by Gasteiger charge is 2.14. The lowest BCUT2D eigenvalue weighted by atomic mass is 9.91. The molecule has 0 unspecified atom stereocenters. The molecule has 1 aromatic heterocycles. The van der Waals surface area contributed by atoms with Crippen molar-refractivity contribution in [2.75, 3.05) is 12.3 Å². The van der Waals surface area contributed by atoms with Crippen LogP contribution in [0.15, 0.2) is 16.5 Å². The maximum atomic E-state index is 5.68. The molecule has 0 fully saturated rings. The molecule has 1 rings (SSSR count). The Balaban J connectivity index is 2.17. The maximum absolute atomic E-state index is 5.68. The predicted molar refractivity (Wildman–Crippen MR) is 67.3 cm³/mol. The molecule has 0 radical (unpaired) electrons. The van der Waals surface area contributed by atoms with Crippen molar-refractivity contribution in [1.82, 2.24) is 0 Å². The largest absolute Gasteiger partial charge is 0.449 e. The highest BCUT2D eigenvalue weighted by atomic mass is 35.5. The monoisotopic (exact) mass is 247 g/mol.